The molecule has 7 heteroatoms. The second-order valence-corrected chi connectivity index (χ2v) is 7.97. The summed E-state index contributed by atoms with van der Waals surface area (Å²) in [4.78, 5) is 18.1. The number of hydrogen-bond donors (Lipinski definition) is 3. The first kappa shape index (κ1) is 24.5. The summed E-state index contributed by atoms with van der Waals surface area (Å²) < 4.78 is 6.27. The molecule has 5 rings (SSSR count). The minimum absolute atomic E-state index is 0.582. The molecule has 2 aromatic heterocycles. The molecule has 0 radical (unpaired) electrons. The van der Waals surface area contributed by atoms with Gasteiger partial charge in [-0.2, -0.15) is 0 Å². The summed E-state index contributed by atoms with van der Waals surface area (Å²) in [5.41, 5.74) is 6.05. The van der Waals surface area contributed by atoms with E-state index in [1.807, 2.05) is 43.4 Å². The zero-order valence-corrected chi connectivity index (χ0v) is 20.4. The maximum Gasteiger partial charge on any atom is 0.232 e. The Kier molecular flexibility index (Phi) is 8.27. The van der Waals surface area contributed by atoms with Crippen molar-refractivity contribution in [2.45, 2.75) is 6.42 Å². The summed E-state index contributed by atoms with van der Waals surface area (Å²) in [7, 11) is 3.49. The van der Waals surface area contributed by atoms with Gasteiger partial charge in [0.15, 0.2) is 0 Å². The maximum absolute atomic E-state index is 9.06. The zero-order chi connectivity index (χ0) is 25.2. The van der Waals surface area contributed by atoms with E-state index in [0.29, 0.717) is 12.1 Å². The molecule has 0 saturated carbocycles. The van der Waals surface area contributed by atoms with Crippen molar-refractivity contribution in [1.29, 1.82) is 0 Å². The number of furan rings is 1. The Morgan fingerprint density at radius 2 is 1.47 bits per heavy atom. The van der Waals surface area contributed by atoms with Crippen LogP contribution in [0.1, 0.15) is 5.56 Å². The summed E-state index contributed by atoms with van der Waals surface area (Å²) in [6, 6.07) is 28.9. The Hall–Kier alpha value is -4.65. The van der Waals surface area contributed by atoms with Crippen molar-refractivity contribution < 1.29 is 9.21 Å². The van der Waals surface area contributed by atoms with Gasteiger partial charge in [0.25, 0.3) is 0 Å². The van der Waals surface area contributed by atoms with Crippen LogP contribution in [-0.2, 0) is 11.2 Å². The highest BCUT2D eigenvalue weighted by molar-refractivity contribution is 6.05. The number of carbonyl (C=O) groups is 1. The van der Waals surface area contributed by atoms with Gasteiger partial charge in [-0.1, -0.05) is 72.8 Å². The molecule has 3 aromatic carbocycles. The fraction of sp³-hybridized carbons (Fsp3) is 0.138. The van der Waals surface area contributed by atoms with Crippen molar-refractivity contribution in [3.63, 3.8) is 0 Å². The predicted octanol–water partition coefficient (Wildman–Crippen LogP) is 5.62. The van der Waals surface area contributed by atoms with Crippen LogP contribution in [0.4, 0.5) is 11.5 Å². The van der Waals surface area contributed by atoms with Gasteiger partial charge in [-0.3, -0.25) is 4.79 Å². The zero-order valence-electron chi connectivity index (χ0n) is 20.4. The molecule has 5 aromatic rings. The quantitative estimate of drug-likeness (QED) is 0.250. The number of nitrogens with one attached hydrogen (secondary N) is 3. The molecule has 0 aliphatic carbocycles. The molecule has 0 spiro atoms. The van der Waals surface area contributed by atoms with E-state index in [1.165, 1.54) is 5.56 Å². The van der Waals surface area contributed by atoms with Crippen LogP contribution in [0.2, 0.25) is 0 Å². The lowest BCUT2D eigenvalue weighted by Gasteiger charge is -2.09. The lowest BCUT2D eigenvalue weighted by Crippen LogP contribution is -2.07. The van der Waals surface area contributed by atoms with Crippen LogP contribution >= 0.6 is 0 Å². The van der Waals surface area contributed by atoms with Crippen LogP contribution < -0.4 is 16.0 Å². The van der Waals surface area contributed by atoms with E-state index >= 15 is 0 Å². The van der Waals surface area contributed by atoms with Crippen LogP contribution in [0.5, 0.6) is 0 Å². The smallest absolute Gasteiger partial charge is 0.232 e. The van der Waals surface area contributed by atoms with E-state index in [0.717, 1.165) is 52.3 Å². The third-order valence-corrected chi connectivity index (χ3v) is 5.65. The normalized spacial score (nSPS) is 10.3. The topological polar surface area (TPSA) is 92.1 Å². The Morgan fingerprint density at radius 3 is 2.08 bits per heavy atom. The van der Waals surface area contributed by atoms with Crippen LogP contribution in [-0.4, -0.2) is 37.0 Å². The Morgan fingerprint density at radius 1 is 0.833 bits per heavy atom. The van der Waals surface area contributed by atoms with Crippen molar-refractivity contribution in [1.82, 2.24) is 15.3 Å². The van der Waals surface area contributed by atoms with Crippen molar-refractivity contribution in [2.24, 2.45) is 0 Å². The van der Waals surface area contributed by atoms with Crippen molar-refractivity contribution >= 4 is 29.0 Å². The van der Waals surface area contributed by atoms with Crippen LogP contribution in [0.3, 0.4) is 0 Å². The molecule has 0 atom stereocenters. The lowest BCUT2D eigenvalue weighted by molar-refractivity contribution is -0.109. The fourth-order valence-corrected chi connectivity index (χ4v) is 3.90. The first-order valence-electron chi connectivity index (χ1n) is 11.7. The Balaban J connectivity index is 0.000000709. The summed E-state index contributed by atoms with van der Waals surface area (Å²) in [6.07, 6.45) is 3.07. The second-order valence-electron chi connectivity index (χ2n) is 7.97. The fourth-order valence-electron chi connectivity index (χ4n) is 3.90. The van der Waals surface area contributed by atoms with Crippen LogP contribution in [0, 0.1) is 0 Å². The number of hydrogen-bond acceptors (Lipinski definition) is 6. The number of carbonyl (C=O) groups excluding carboxylic acids is 1. The average molecular weight is 480 g/mol. The number of benzene rings is 3. The number of amides is 1. The largest absolute Gasteiger partial charge is 0.437 e. The lowest BCUT2D eigenvalue weighted by atomic mass is 9.99. The van der Waals surface area contributed by atoms with Crippen molar-refractivity contribution in [3.8, 4) is 22.5 Å². The highest BCUT2D eigenvalue weighted by Gasteiger charge is 2.21. The number of aromatic nitrogens is 2. The highest BCUT2D eigenvalue weighted by atomic mass is 16.3. The SMILES string of the molecule is CNC=O.CNc1ccc(CCNc2ncnc3oc(-c4ccccc4)c(-c4ccccc4)c23)cc1. The molecule has 0 saturated heterocycles. The summed E-state index contributed by atoms with van der Waals surface area (Å²) in [5, 5.41) is 9.82. The van der Waals surface area contributed by atoms with E-state index in [1.54, 1.807) is 13.4 Å². The number of rotatable bonds is 8. The van der Waals surface area contributed by atoms with Gasteiger partial charge in [-0.05, 0) is 29.7 Å². The maximum atomic E-state index is 9.06. The van der Waals surface area contributed by atoms with Crippen molar-refractivity contribution in [3.05, 3.63) is 96.8 Å². The van der Waals surface area contributed by atoms with Gasteiger partial charge in [0.2, 0.25) is 12.1 Å². The molecule has 2 heterocycles. The van der Waals surface area contributed by atoms with E-state index in [-0.39, 0.29) is 0 Å². The molecule has 0 unspecified atom stereocenters. The van der Waals surface area contributed by atoms with Gasteiger partial charge in [0.05, 0.1) is 5.39 Å². The predicted molar refractivity (Wildman–Crippen MR) is 146 cm³/mol. The standard InChI is InChI=1S/C27H24N4O.C2H5NO/c1-28-22-14-12-19(13-15-22)16-17-29-26-24-23(20-8-4-2-5-9-20)25(21-10-6-3-7-11-21)32-27(24)31-18-30-26;1-3-2-4/h2-15,18,28H,16-17H2,1H3,(H,29,30,31);2H,1H3,(H,3,4). The van der Waals surface area contributed by atoms with Gasteiger partial charge >= 0.3 is 0 Å². The summed E-state index contributed by atoms with van der Waals surface area (Å²) in [6.45, 7) is 0.755. The molecule has 3 N–H and O–H groups in total. The van der Waals surface area contributed by atoms with Gasteiger partial charge in [-0.15, -0.1) is 0 Å². The van der Waals surface area contributed by atoms with Gasteiger partial charge in [0.1, 0.15) is 17.9 Å². The first-order valence-corrected chi connectivity index (χ1v) is 11.7. The van der Waals surface area contributed by atoms with E-state index < -0.39 is 0 Å². The average Bonchev–Trinajstić information content (AvgIpc) is 3.35. The first-order chi connectivity index (χ1) is 17.7. The monoisotopic (exact) mass is 479 g/mol. The molecule has 36 heavy (non-hydrogen) atoms. The molecule has 182 valence electrons. The third kappa shape index (κ3) is 5.70. The molecule has 0 aliphatic rings. The third-order valence-electron chi connectivity index (χ3n) is 5.65. The molecule has 0 aliphatic heterocycles. The van der Waals surface area contributed by atoms with Gasteiger partial charge < -0.3 is 20.4 Å². The molecule has 0 fully saturated rings. The molecular weight excluding hydrogens is 450 g/mol. The molecule has 7 nitrogen and oxygen atoms in total. The van der Waals surface area contributed by atoms with E-state index in [4.69, 9.17) is 9.21 Å². The summed E-state index contributed by atoms with van der Waals surface area (Å²) in [5.74, 6) is 1.59. The minimum atomic E-state index is 0.582. The number of anilines is 2. The van der Waals surface area contributed by atoms with Gasteiger partial charge in [0, 0.05) is 37.5 Å². The van der Waals surface area contributed by atoms with Crippen molar-refractivity contribution in [2.75, 3.05) is 31.3 Å². The van der Waals surface area contributed by atoms with Crippen LogP contribution in [0.25, 0.3) is 33.6 Å². The number of nitrogens with zero attached hydrogens (tertiary/aromatic N) is 2. The van der Waals surface area contributed by atoms with Crippen LogP contribution in [0.15, 0.2) is 95.7 Å². The van der Waals surface area contributed by atoms with E-state index in [2.05, 4.69) is 74.4 Å². The van der Waals surface area contributed by atoms with Gasteiger partial charge in [-0.25, -0.2) is 9.97 Å². The molecule has 1 amide bonds. The molecule has 0 bridgehead atoms. The van der Waals surface area contributed by atoms with E-state index in [9.17, 15) is 0 Å². The summed E-state index contributed by atoms with van der Waals surface area (Å²) >= 11 is 0. The second kappa shape index (κ2) is 12.2. The minimum Gasteiger partial charge on any atom is -0.437 e. The Labute approximate surface area is 210 Å². The molecular formula is C29H29N5O2. The Bertz CT molecular complexity index is 1380. The highest BCUT2D eigenvalue weighted by Crippen LogP contribution is 2.42. The number of fused-ring (bicyclic) bond motifs is 1.